The quantitative estimate of drug-likeness (QED) is 0.726. The van der Waals surface area contributed by atoms with E-state index in [9.17, 15) is 18.0 Å². The molecular weight excluding hydrogens is 377 g/mol. The molecule has 1 aliphatic heterocycles. The SMILES string of the molecule is CCOc1nc(OCC(F)(F)F)ccc1CN1C(C)=CC=NC1NC(=O)CC. The number of hydrogen-bond acceptors (Lipinski definition) is 6. The summed E-state index contributed by atoms with van der Waals surface area (Å²) in [4.78, 5) is 21.9. The lowest BCUT2D eigenvalue weighted by Gasteiger charge is -2.34. The molecule has 1 amide bonds. The van der Waals surface area contributed by atoms with Crippen LogP contribution in [0.1, 0.15) is 32.8 Å². The summed E-state index contributed by atoms with van der Waals surface area (Å²) in [5.41, 5.74) is 1.48. The molecule has 1 unspecified atom stereocenters. The number of carbonyl (C=O) groups is 1. The van der Waals surface area contributed by atoms with Gasteiger partial charge in [0.05, 0.1) is 13.2 Å². The molecule has 2 heterocycles. The zero-order valence-electron chi connectivity index (χ0n) is 15.9. The second kappa shape index (κ2) is 9.43. The third kappa shape index (κ3) is 6.14. The Morgan fingerprint density at radius 2 is 2.04 bits per heavy atom. The third-order valence-electron chi connectivity index (χ3n) is 3.82. The largest absolute Gasteiger partial charge is 0.478 e. The van der Waals surface area contributed by atoms with Crippen molar-refractivity contribution in [3.63, 3.8) is 0 Å². The van der Waals surface area contributed by atoms with Crippen LogP contribution in [0, 0.1) is 0 Å². The Morgan fingerprint density at radius 1 is 1.29 bits per heavy atom. The fourth-order valence-electron chi connectivity index (χ4n) is 2.43. The van der Waals surface area contributed by atoms with Gasteiger partial charge in [-0.1, -0.05) is 6.92 Å². The smallest absolute Gasteiger partial charge is 0.422 e. The molecule has 0 radical (unpaired) electrons. The van der Waals surface area contributed by atoms with E-state index in [1.807, 2.05) is 11.8 Å². The van der Waals surface area contributed by atoms with Crippen LogP contribution in [0.25, 0.3) is 0 Å². The van der Waals surface area contributed by atoms with E-state index >= 15 is 0 Å². The highest BCUT2D eigenvalue weighted by Crippen LogP contribution is 2.26. The molecule has 0 aromatic carbocycles. The number of amides is 1. The zero-order valence-corrected chi connectivity index (χ0v) is 15.9. The van der Waals surface area contributed by atoms with Gasteiger partial charge in [-0.2, -0.15) is 18.2 Å². The summed E-state index contributed by atoms with van der Waals surface area (Å²) < 4.78 is 47.2. The Bertz CT molecular complexity index is 750. The molecule has 0 spiro atoms. The molecule has 0 bridgehead atoms. The monoisotopic (exact) mass is 400 g/mol. The number of hydrogen-bond donors (Lipinski definition) is 1. The van der Waals surface area contributed by atoms with Gasteiger partial charge in [0.2, 0.25) is 17.7 Å². The predicted octanol–water partition coefficient (Wildman–Crippen LogP) is 3.02. The van der Waals surface area contributed by atoms with Crippen molar-refractivity contribution in [2.45, 2.75) is 46.2 Å². The minimum absolute atomic E-state index is 0.152. The summed E-state index contributed by atoms with van der Waals surface area (Å²) in [6.07, 6.45) is -1.32. The van der Waals surface area contributed by atoms with Gasteiger partial charge in [0.1, 0.15) is 0 Å². The molecule has 10 heteroatoms. The highest BCUT2D eigenvalue weighted by Gasteiger charge is 2.29. The molecule has 154 valence electrons. The zero-order chi connectivity index (χ0) is 20.7. The molecule has 7 nitrogen and oxygen atoms in total. The van der Waals surface area contributed by atoms with Crippen molar-refractivity contribution in [3.8, 4) is 11.8 Å². The normalized spacial score (nSPS) is 16.6. The van der Waals surface area contributed by atoms with Crippen molar-refractivity contribution < 1.29 is 27.4 Å². The molecule has 1 aromatic rings. The average Bonchev–Trinajstić information content (AvgIpc) is 2.63. The number of nitrogens with zero attached hydrogens (tertiary/aromatic N) is 3. The summed E-state index contributed by atoms with van der Waals surface area (Å²) in [6.45, 7) is 4.49. The van der Waals surface area contributed by atoms with Gasteiger partial charge in [0.25, 0.3) is 0 Å². The van der Waals surface area contributed by atoms with Crippen molar-refractivity contribution in [2.24, 2.45) is 4.99 Å². The Balaban J connectivity index is 2.21. The number of allylic oxidation sites excluding steroid dienone is 2. The fraction of sp³-hybridized carbons (Fsp3) is 0.500. The Labute approximate surface area is 161 Å². The minimum atomic E-state index is -4.45. The summed E-state index contributed by atoms with van der Waals surface area (Å²) >= 11 is 0. The van der Waals surface area contributed by atoms with Gasteiger partial charge >= 0.3 is 6.18 Å². The number of carbonyl (C=O) groups excluding carboxylic acids is 1. The van der Waals surface area contributed by atoms with Crippen molar-refractivity contribution in [3.05, 3.63) is 29.5 Å². The van der Waals surface area contributed by atoms with Crippen LogP contribution in [-0.4, -0.2) is 47.7 Å². The highest BCUT2D eigenvalue weighted by molar-refractivity contribution is 5.77. The number of alkyl halides is 3. The lowest BCUT2D eigenvalue weighted by molar-refractivity contribution is -0.154. The second-order valence-corrected chi connectivity index (χ2v) is 5.98. The van der Waals surface area contributed by atoms with Crippen molar-refractivity contribution >= 4 is 12.1 Å². The molecular formula is C18H23F3N4O3. The first kappa shape index (κ1) is 21.5. The van der Waals surface area contributed by atoms with Gasteiger partial charge in [0.15, 0.2) is 12.9 Å². The fourth-order valence-corrected chi connectivity index (χ4v) is 2.43. The maximum atomic E-state index is 12.4. The third-order valence-corrected chi connectivity index (χ3v) is 3.82. The van der Waals surface area contributed by atoms with Gasteiger partial charge in [-0.05, 0) is 26.0 Å². The van der Waals surface area contributed by atoms with E-state index in [-0.39, 0.29) is 30.8 Å². The van der Waals surface area contributed by atoms with Gasteiger partial charge in [-0.25, -0.2) is 4.99 Å². The Kier molecular flexibility index (Phi) is 7.24. The number of nitrogens with one attached hydrogen (secondary N) is 1. The van der Waals surface area contributed by atoms with E-state index in [1.54, 1.807) is 32.2 Å². The summed E-state index contributed by atoms with van der Waals surface area (Å²) in [5.74, 6) is -0.157. The van der Waals surface area contributed by atoms with Crippen molar-refractivity contribution in [1.29, 1.82) is 0 Å². The van der Waals surface area contributed by atoms with E-state index in [1.165, 1.54) is 6.07 Å². The van der Waals surface area contributed by atoms with Crippen LogP contribution in [0.2, 0.25) is 0 Å². The van der Waals surface area contributed by atoms with E-state index in [0.29, 0.717) is 12.0 Å². The molecule has 0 saturated heterocycles. The molecule has 1 aliphatic rings. The average molecular weight is 400 g/mol. The molecule has 0 fully saturated rings. The summed E-state index contributed by atoms with van der Waals surface area (Å²) in [6, 6.07) is 2.95. The maximum Gasteiger partial charge on any atom is 0.422 e. The molecule has 2 rings (SSSR count). The Morgan fingerprint density at radius 3 is 2.68 bits per heavy atom. The van der Waals surface area contributed by atoms with Crippen LogP contribution in [-0.2, 0) is 11.3 Å². The van der Waals surface area contributed by atoms with E-state index in [0.717, 1.165) is 5.70 Å². The number of rotatable bonds is 8. The van der Waals surface area contributed by atoms with E-state index < -0.39 is 19.1 Å². The number of pyridine rings is 1. The van der Waals surface area contributed by atoms with E-state index in [4.69, 9.17) is 9.47 Å². The molecule has 1 aromatic heterocycles. The molecule has 0 aliphatic carbocycles. The first-order valence-electron chi connectivity index (χ1n) is 8.81. The number of aromatic nitrogens is 1. The minimum Gasteiger partial charge on any atom is -0.478 e. The molecule has 1 atom stereocenters. The van der Waals surface area contributed by atoms with Crippen LogP contribution in [0.3, 0.4) is 0 Å². The van der Waals surface area contributed by atoms with Gasteiger partial charge < -0.3 is 19.7 Å². The van der Waals surface area contributed by atoms with Crippen LogP contribution >= 0.6 is 0 Å². The van der Waals surface area contributed by atoms with Crippen LogP contribution in [0.15, 0.2) is 28.9 Å². The van der Waals surface area contributed by atoms with E-state index in [2.05, 4.69) is 15.3 Å². The van der Waals surface area contributed by atoms with Crippen molar-refractivity contribution in [1.82, 2.24) is 15.2 Å². The van der Waals surface area contributed by atoms with Crippen LogP contribution < -0.4 is 14.8 Å². The first-order valence-corrected chi connectivity index (χ1v) is 8.81. The molecule has 0 saturated carbocycles. The van der Waals surface area contributed by atoms with Gasteiger partial charge in [-0.15, -0.1) is 0 Å². The lowest BCUT2D eigenvalue weighted by atomic mass is 10.2. The van der Waals surface area contributed by atoms with Crippen molar-refractivity contribution in [2.75, 3.05) is 13.2 Å². The Hall–Kier alpha value is -2.78. The lowest BCUT2D eigenvalue weighted by Crippen LogP contribution is -2.47. The second-order valence-electron chi connectivity index (χ2n) is 5.98. The predicted molar refractivity (Wildman–Crippen MR) is 97.0 cm³/mol. The topological polar surface area (TPSA) is 76.1 Å². The van der Waals surface area contributed by atoms with Crippen LogP contribution in [0.4, 0.5) is 13.2 Å². The summed E-state index contributed by atoms with van der Waals surface area (Å²) in [5, 5.41) is 2.81. The molecule has 1 N–H and O–H groups in total. The van der Waals surface area contributed by atoms with Crippen LogP contribution in [0.5, 0.6) is 11.8 Å². The first-order chi connectivity index (χ1) is 13.2. The maximum absolute atomic E-state index is 12.4. The summed E-state index contributed by atoms with van der Waals surface area (Å²) in [7, 11) is 0. The standard InChI is InChI=1S/C18H23F3N4O3/c1-4-14(26)23-17-22-9-8-12(3)25(17)10-13-6-7-15(24-16(13)27-5-2)28-11-18(19,20)21/h6-9,17H,4-5,10-11H2,1-3H3,(H,23,26). The number of aliphatic imine (C=N–C) groups is 1. The highest BCUT2D eigenvalue weighted by atomic mass is 19.4. The number of halogens is 3. The molecule has 28 heavy (non-hydrogen) atoms. The van der Waals surface area contributed by atoms with Gasteiger partial charge in [-0.3, -0.25) is 4.79 Å². The van der Waals surface area contributed by atoms with Gasteiger partial charge in [0, 0.05) is 30.0 Å². The number of ether oxygens (including phenoxy) is 2.